The lowest BCUT2D eigenvalue weighted by Crippen LogP contribution is -1.96. The van der Waals surface area contributed by atoms with Crippen LogP contribution in [0.1, 0.15) is 16.7 Å². The molecule has 2 rings (SSSR count). The molecule has 0 aliphatic rings. The maximum atomic E-state index is 4.14. The first-order chi connectivity index (χ1) is 7.56. The molecule has 0 aliphatic heterocycles. The van der Waals surface area contributed by atoms with E-state index >= 15 is 0 Å². The number of benzene rings is 1. The summed E-state index contributed by atoms with van der Waals surface area (Å²) in [5, 5.41) is 11.9. The highest BCUT2D eigenvalue weighted by Crippen LogP contribution is 2.28. The minimum atomic E-state index is 0.671. The molecule has 1 heterocycles. The minimum absolute atomic E-state index is 0.671. The molecule has 84 valence electrons. The molecule has 0 bridgehead atoms. The van der Waals surface area contributed by atoms with Gasteiger partial charge in [0.1, 0.15) is 0 Å². The van der Waals surface area contributed by atoms with Gasteiger partial charge >= 0.3 is 0 Å². The second-order valence-corrected chi connectivity index (χ2v) is 5.49. The van der Waals surface area contributed by atoms with Crippen molar-refractivity contribution in [2.45, 2.75) is 25.1 Å². The van der Waals surface area contributed by atoms with Gasteiger partial charge < -0.3 is 5.32 Å². The summed E-state index contributed by atoms with van der Waals surface area (Å²) in [6.07, 6.45) is 0. The second-order valence-electron chi connectivity index (χ2n) is 3.79. The third-order valence-corrected chi connectivity index (χ3v) is 3.33. The smallest absolute Gasteiger partial charge is 0.210 e. The van der Waals surface area contributed by atoms with Crippen LogP contribution in [-0.4, -0.2) is 10.2 Å². The Labute approximate surface area is 104 Å². The van der Waals surface area contributed by atoms with Crippen LogP contribution in [0.5, 0.6) is 0 Å². The van der Waals surface area contributed by atoms with E-state index in [-0.39, 0.29) is 0 Å². The molecular formula is C11H13N3S2. The van der Waals surface area contributed by atoms with Gasteiger partial charge in [-0.2, -0.15) is 0 Å². The van der Waals surface area contributed by atoms with Crippen molar-refractivity contribution in [1.82, 2.24) is 10.2 Å². The van der Waals surface area contributed by atoms with Gasteiger partial charge in [0.05, 0.1) is 0 Å². The molecule has 1 N–H and O–H groups in total. The van der Waals surface area contributed by atoms with Crippen LogP contribution in [0.3, 0.4) is 0 Å². The lowest BCUT2D eigenvalue weighted by molar-refractivity contribution is 1.02. The lowest BCUT2D eigenvalue weighted by Gasteiger charge is -2.11. The molecule has 16 heavy (non-hydrogen) atoms. The first kappa shape index (κ1) is 11.4. The molecule has 5 heteroatoms. The Balaban J connectivity index is 2.34. The molecule has 0 amide bonds. The molecule has 2 aromatic rings. The highest BCUT2D eigenvalue weighted by Gasteiger charge is 2.06. The molecule has 0 saturated heterocycles. The average molecular weight is 251 g/mol. The number of aromatic nitrogens is 2. The van der Waals surface area contributed by atoms with Crippen molar-refractivity contribution in [3.05, 3.63) is 28.8 Å². The van der Waals surface area contributed by atoms with Gasteiger partial charge in [0.2, 0.25) is 5.13 Å². The fraction of sp³-hybridized carbons (Fsp3) is 0.273. The Morgan fingerprint density at radius 2 is 1.75 bits per heavy atom. The summed E-state index contributed by atoms with van der Waals surface area (Å²) in [6, 6.07) is 4.30. The number of anilines is 2. The van der Waals surface area contributed by atoms with Crippen molar-refractivity contribution in [3.8, 4) is 0 Å². The minimum Gasteiger partial charge on any atom is -0.330 e. The van der Waals surface area contributed by atoms with Crippen molar-refractivity contribution in [2.24, 2.45) is 0 Å². The Morgan fingerprint density at radius 1 is 1.12 bits per heavy atom. The van der Waals surface area contributed by atoms with Gasteiger partial charge in [0.25, 0.3) is 0 Å². The zero-order valence-corrected chi connectivity index (χ0v) is 11.1. The number of nitrogens with one attached hydrogen (secondary N) is 1. The topological polar surface area (TPSA) is 37.8 Å². The van der Waals surface area contributed by atoms with Crippen LogP contribution in [0, 0.1) is 20.8 Å². The van der Waals surface area contributed by atoms with Gasteiger partial charge in [0, 0.05) is 5.69 Å². The van der Waals surface area contributed by atoms with Gasteiger partial charge in [-0.15, -0.1) is 22.8 Å². The third-order valence-electron chi connectivity index (χ3n) is 2.32. The molecule has 0 radical (unpaired) electrons. The summed E-state index contributed by atoms with van der Waals surface area (Å²) in [7, 11) is 0. The van der Waals surface area contributed by atoms with Crippen molar-refractivity contribution in [2.75, 3.05) is 5.32 Å². The van der Waals surface area contributed by atoms with Crippen LogP contribution in [-0.2, 0) is 0 Å². The number of aryl methyl sites for hydroxylation is 3. The third kappa shape index (κ3) is 2.36. The Morgan fingerprint density at radius 3 is 2.25 bits per heavy atom. The zero-order chi connectivity index (χ0) is 11.7. The highest BCUT2D eigenvalue weighted by molar-refractivity contribution is 7.82. The highest BCUT2D eigenvalue weighted by atomic mass is 32.2. The van der Waals surface area contributed by atoms with E-state index < -0.39 is 0 Å². The summed E-state index contributed by atoms with van der Waals surface area (Å²) >= 11 is 5.58. The monoisotopic (exact) mass is 251 g/mol. The van der Waals surface area contributed by atoms with Crippen LogP contribution < -0.4 is 5.32 Å². The van der Waals surface area contributed by atoms with Gasteiger partial charge in [-0.1, -0.05) is 29.0 Å². The van der Waals surface area contributed by atoms with Crippen LogP contribution >= 0.6 is 24.0 Å². The van der Waals surface area contributed by atoms with Crippen LogP contribution in [0.15, 0.2) is 16.5 Å². The standard InChI is InChI=1S/C11H13N3S2/c1-6-4-7(2)9(8(3)5-6)12-10-13-14-11(15)16-10/h4-5H,1-3H3,(H,12,13)(H,14,15). The van der Waals surface area contributed by atoms with Gasteiger partial charge in [-0.25, -0.2) is 0 Å². The van der Waals surface area contributed by atoms with Crippen molar-refractivity contribution < 1.29 is 0 Å². The molecule has 3 nitrogen and oxygen atoms in total. The summed E-state index contributed by atoms with van der Waals surface area (Å²) in [5.74, 6) is 0. The molecule has 0 unspecified atom stereocenters. The number of rotatable bonds is 2. The van der Waals surface area contributed by atoms with Crippen LogP contribution in [0.4, 0.5) is 10.8 Å². The maximum absolute atomic E-state index is 4.14. The second kappa shape index (κ2) is 4.43. The molecule has 1 aromatic carbocycles. The predicted octanol–water partition coefficient (Wildman–Crippen LogP) is 3.50. The van der Waals surface area contributed by atoms with Gasteiger partial charge in [-0.3, -0.25) is 0 Å². The zero-order valence-electron chi connectivity index (χ0n) is 9.40. The van der Waals surface area contributed by atoms with E-state index in [1.807, 2.05) is 0 Å². The van der Waals surface area contributed by atoms with E-state index in [4.69, 9.17) is 0 Å². The van der Waals surface area contributed by atoms with E-state index in [9.17, 15) is 0 Å². The first-order valence-corrected chi connectivity index (χ1v) is 6.20. The number of hydrogen-bond acceptors (Lipinski definition) is 5. The largest absolute Gasteiger partial charge is 0.330 e. The fourth-order valence-electron chi connectivity index (χ4n) is 1.75. The van der Waals surface area contributed by atoms with Gasteiger partial charge in [-0.05, 0) is 31.9 Å². The Bertz CT molecular complexity index is 497. The van der Waals surface area contributed by atoms with Crippen molar-refractivity contribution in [1.29, 1.82) is 0 Å². The fourth-order valence-corrected chi connectivity index (χ4v) is 2.54. The average Bonchev–Trinajstić information content (AvgIpc) is 2.58. The molecule has 0 aliphatic carbocycles. The van der Waals surface area contributed by atoms with E-state index in [0.717, 1.165) is 10.8 Å². The van der Waals surface area contributed by atoms with Crippen LogP contribution in [0.2, 0.25) is 0 Å². The lowest BCUT2D eigenvalue weighted by atomic mass is 10.1. The van der Waals surface area contributed by atoms with Crippen LogP contribution in [0.25, 0.3) is 0 Å². The molecule has 0 atom stereocenters. The number of nitrogens with zero attached hydrogens (tertiary/aromatic N) is 2. The normalized spacial score (nSPS) is 10.5. The van der Waals surface area contributed by atoms with E-state index in [1.165, 1.54) is 28.0 Å². The summed E-state index contributed by atoms with van der Waals surface area (Å²) in [6.45, 7) is 6.27. The molecule has 0 spiro atoms. The van der Waals surface area contributed by atoms with Crippen molar-refractivity contribution >= 4 is 34.8 Å². The van der Waals surface area contributed by atoms with E-state index in [2.05, 4.69) is 61.0 Å². The summed E-state index contributed by atoms with van der Waals surface area (Å²) < 4.78 is 0.671. The number of hydrogen-bond donors (Lipinski definition) is 2. The van der Waals surface area contributed by atoms with E-state index in [1.54, 1.807) is 0 Å². The SMILES string of the molecule is Cc1cc(C)c(Nc2nnc(S)s2)c(C)c1. The number of thiol groups is 1. The predicted molar refractivity (Wildman–Crippen MR) is 71.1 cm³/mol. The Kier molecular flexibility index (Phi) is 3.16. The van der Waals surface area contributed by atoms with Gasteiger partial charge in [0.15, 0.2) is 4.34 Å². The first-order valence-electron chi connectivity index (χ1n) is 4.93. The molecule has 1 aromatic heterocycles. The quantitative estimate of drug-likeness (QED) is 0.802. The van der Waals surface area contributed by atoms with E-state index in [0.29, 0.717) is 4.34 Å². The Hall–Kier alpha value is -1.07. The van der Waals surface area contributed by atoms with Crippen molar-refractivity contribution in [3.63, 3.8) is 0 Å². The summed E-state index contributed by atoms with van der Waals surface area (Å²) in [5.41, 5.74) is 4.81. The maximum Gasteiger partial charge on any atom is 0.210 e. The molecular weight excluding hydrogens is 238 g/mol. The summed E-state index contributed by atoms with van der Waals surface area (Å²) in [4.78, 5) is 0. The molecule has 0 fully saturated rings. The molecule has 0 saturated carbocycles.